The van der Waals surface area contributed by atoms with Gasteiger partial charge in [-0.3, -0.25) is 10.8 Å². The molecular weight excluding hydrogens is 444 g/mol. The van der Waals surface area contributed by atoms with Crippen LogP contribution < -0.4 is 15.9 Å². The normalized spacial score (nSPS) is 11.7. The Balaban J connectivity index is 2.50. The summed E-state index contributed by atoms with van der Waals surface area (Å²) in [6.07, 6.45) is -4.97. The van der Waals surface area contributed by atoms with Crippen molar-refractivity contribution in [3.63, 3.8) is 0 Å². The maximum absolute atomic E-state index is 14.1. The van der Waals surface area contributed by atoms with E-state index < -0.39 is 40.7 Å². The largest absolute Gasteiger partial charge is 0.449 e. The first-order valence-electron chi connectivity index (χ1n) is 7.25. The Kier molecular flexibility index (Phi) is 6.51. The molecule has 0 amide bonds. The van der Waals surface area contributed by atoms with Crippen LogP contribution in [0.25, 0.3) is 0 Å². The Morgan fingerprint density at radius 3 is 2.17 bits per heavy atom. The smallest absolute Gasteiger partial charge is 0.416 e. The number of hydrogen-bond acceptors (Lipinski definition) is 5. The third-order valence-electron chi connectivity index (χ3n) is 3.21. The summed E-state index contributed by atoms with van der Waals surface area (Å²) in [5, 5.41) is 19.3. The number of hydrogen-bond donors (Lipinski definition) is 3. The summed E-state index contributed by atoms with van der Waals surface area (Å²) in [4.78, 5) is 0. The zero-order valence-electron chi connectivity index (χ0n) is 13.8. The zero-order chi connectivity index (χ0) is 21.9. The number of hydrazone groups is 1. The van der Waals surface area contributed by atoms with Crippen LogP contribution in [0.1, 0.15) is 5.56 Å². The van der Waals surface area contributed by atoms with E-state index in [0.29, 0.717) is 0 Å². The van der Waals surface area contributed by atoms with E-state index in [1.165, 1.54) is 6.07 Å². The number of alkyl halides is 3. The fourth-order valence-corrected chi connectivity index (χ4v) is 2.21. The third-order valence-corrected chi connectivity index (χ3v) is 3.93. The van der Waals surface area contributed by atoms with E-state index in [1.54, 1.807) is 0 Å². The van der Waals surface area contributed by atoms with Crippen molar-refractivity contribution in [3.05, 3.63) is 51.5 Å². The first-order valence-corrected chi connectivity index (χ1v) is 8.01. The number of benzene rings is 2. The van der Waals surface area contributed by atoms with Crippen LogP contribution in [0.4, 0.5) is 27.6 Å². The number of nitrogens with two attached hydrogens (primary N) is 1. The molecule has 0 heterocycles. The molecule has 4 N–H and O–H groups in total. The highest BCUT2D eigenvalue weighted by atomic mass is 35.5. The van der Waals surface area contributed by atoms with Gasteiger partial charge in [-0.1, -0.05) is 23.2 Å². The number of anilines is 1. The highest BCUT2D eigenvalue weighted by Crippen LogP contribution is 2.40. The molecule has 0 aromatic heterocycles. The van der Waals surface area contributed by atoms with Gasteiger partial charge in [-0.05, 0) is 18.2 Å². The Bertz CT molecular complexity index is 1030. The number of halogens is 7. The number of nitrogens with one attached hydrogen (secondary N) is 2. The number of nitrogens with zero attached hydrogens (tertiary/aromatic N) is 2. The molecule has 152 valence electrons. The molecule has 0 fully saturated rings. The van der Waals surface area contributed by atoms with E-state index >= 15 is 0 Å². The van der Waals surface area contributed by atoms with Gasteiger partial charge in [0.2, 0.25) is 5.71 Å². The van der Waals surface area contributed by atoms with Crippen molar-refractivity contribution in [2.75, 3.05) is 5.43 Å². The molecule has 13 heteroatoms. The van der Waals surface area contributed by atoms with Crippen molar-refractivity contribution in [3.8, 4) is 17.6 Å². The van der Waals surface area contributed by atoms with Crippen molar-refractivity contribution < 1.29 is 26.7 Å². The minimum Gasteiger partial charge on any atom is -0.449 e. The maximum Gasteiger partial charge on any atom is 0.416 e. The molecule has 0 aliphatic heterocycles. The maximum atomic E-state index is 14.1. The number of amidine groups is 1. The predicted octanol–water partition coefficient (Wildman–Crippen LogP) is 5.31. The first kappa shape index (κ1) is 22.2. The standard InChI is InChI=1S/C16H8Cl2F5N5O/c17-7-3-11(27-28-12(5-24)15(25)26)13(4-8(7)18)29-14-9(19)1-6(2-10(14)20)16(21,22)23/h1-4,27H,(H3,25,26)/b28-12+. The summed E-state index contributed by atoms with van der Waals surface area (Å²) in [7, 11) is 0. The molecule has 0 spiro atoms. The van der Waals surface area contributed by atoms with Crippen molar-refractivity contribution >= 4 is 40.4 Å². The minimum atomic E-state index is -4.97. The van der Waals surface area contributed by atoms with Crippen LogP contribution in [0.15, 0.2) is 29.4 Å². The molecule has 0 atom stereocenters. The van der Waals surface area contributed by atoms with Gasteiger partial charge >= 0.3 is 6.18 Å². The van der Waals surface area contributed by atoms with E-state index in [-0.39, 0.29) is 33.6 Å². The third kappa shape index (κ3) is 5.24. The van der Waals surface area contributed by atoms with Crippen LogP contribution in [0.2, 0.25) is 10.0 Å². The summed E-state index contributed by atoms with van der Waals surface area (Å²) < 4.78 is 71.1. The Labute approximate surface area is 169 Å². The first-order chi connectivity index (χ1) is 13.4. The molecule has 0 aliphatic rings. The Morgan fingerprint density at radius 2 is 1.69 bits per heavy atom. The van der Waals surface area contributed by atoms with Gasteiger partial charge in [0.1, 0.15) is 11.8 Å². The summed E-state index contributed by atoms with van der Waals surface area (Å²) in [5.41, 5.74) is 5.14. The lowest BCUT2D eigenvalue weighted by molar-refractivity contribution is -0.138. The van der Waals surface area contributed by atoms with Gasteiger partial charge in [0.15, 0.2) is 29.0 Å². The molecule has 2 rings (SSSR count). The average Bonchev–Trinajstić information content (AvgIpc) is 2.60. The van der Waals surface area contributed by atoms with Crippen LogP contribution in [0.3, 0.4) is 0 Å². The van der Waals surface area contributed by atoms with Gasteiger partial charge in [0.05, 0.1) is 15.6 Å². The zero-order valence-corrected chi connectivity index (χ0v) is 15.3. The molecule has 0 saturated carbocycles. The van der Waals surface area contributed by atoms with Gasteiger partial charge in [-0.15, -0.1) is 0 Å². The summed E-state index contributed by atoms with van der Waals surface area (Å²) >= 11 is 11.7. The second-order valence-corrected chi connectivity index (χ2v) is 6.04. The minimum absolute atomic E-state index is 0.0496. The molecule has 2 aromatic rings. The van der Waals surface area contributed by atoms with Crippen LogP contribution in [0, 0.1) is 28.4 Å². The van der Waals surface area contributed by atoms with Crippen molar-refractivity contribution in [1.29, 1.82) is 10.7 Å². The molecular formula is C16H8Cl2F5N5O. The molecule has 0 saturated heterocycles. The quantitative estimate of drug-likeness (QED) is 0.247. The van der Waals surface area contributed by atoms with E-state index in [1.807, 2.05) is 0 Å². The molecule has 0 bridgehead atoms. The second-order valence-electron chi connectivity index (χ2n) is 5.23. The summed E-state index contributed by atoms with van der Waals surface area (Å²) in [6, 6.07) is 3.76. The number of nitriles is 1. The van der Waals surface area contributed by atoms with Crippen LogP contribution in [-0.2, 0) is 6.18 Å². The predicted molar refractivity (Wildman–Crippen MR) is 96.5 cm³/mol. The molecule has 0 unspecified atom stereocenters. The fraction of sp³-hybridized carbons (Fsp3) is 0.0625. The average molecular weight is 452 g/mol. The van der Waals surface area contributed by atoms with Gasteiger partial charge in [-0.25, -0.2) is 8.78 Å². The van der Waals surface area contributed by atoms with Gasteiger partial charge in [-0.2, -0.15) is 23.5 Å². The molecule has 0 radical (unpaired) electrons. The van der Waals surface area contributed by atoms with Crippen LogP contribution in [-0.4, -0.2) is 11.5 Å². The molecule has 0 aliphatic carbocycles. The van der Waals surface area contributed by atoms with Crippen molar-refractivity contribution in [2.24, 2.45) is 10.8 Å². The number of rotatable bonds is 5. The monoisotopic (exact) mass is 451 g/mol. The fourth-order valence-electron chi connectivity index (χ4n) is 1.89. The van der Waals surface area contributed by atoms with Gasteiger partial charge in [0, 0.05) is 6.07 Å². The summed E-state index contributed by atoms with van der Waals surface area (Å²) in [5.74, 6) is -5.46. The Morgan fingerprint density at radius 1 is 1.14 bits per heavy atom. The van der Waals surface area contributed by atoms with E-state index in [4.69, 9.17) is 44.3 Å². The van der Waals surface area contributed by atoms with E-state index in [2.05, 4.69) is 10.5 Å². The number of ether oxygens (including phenoxy) is 1. The van der Waals surface area contributed by atoms with Crippen LogP contribution in [0.5, 0.6) is 11.5 Å². The molecule has 29 heavy (non-hydrogen) atoms. The molecule has 2 aromatic carbocycles. The van der Waals surface area contributed by atoms with Crippen molar-refractivity contribution in [1.82, 2.24) is 0 Å². The van der Waals surface area contributed by atoms with E-state index in [9.17, 15) is 22.0 Å². The SMILES string of the molecule is N#C/C(=N\Nc1cc(Cl)c(Cl)cc1Oc1c(F)cc(C(F)(F)F)cc1F)C(=N)N. The lowest BCUT2D eigenvalue weighted by Crippen LogP contribution is -2.21. The van der Waals surface area contributed by atoms with Crippen molar-refractivity contribution in [2.45, 2.75) is 6.18 Å². The lowest BCUT2D eigenvalue weighted by Gasteiger charge is -2.15. The highest BCUT2D eigenvalue weighted by Gasteiger charge is 2.33. The topological polar surface area (TPSA) is 107 Å². The van der Waals surface area contributed by atoms with Gasteiger partial charge < -0.3 is 10.5 Å². The van der Waals surface area contributed by atoms with Gasteiger partial charge in [0.25, 0.3) is 0 Å². The van der Waals surface area contributed by atoms with E-state index in [0.717, 1.165) is 12.1 Å². The summed E-state index contributed by atoms with van der Waals surface area (Å²) in [6.45, 7) is 0. The second kappa shape index (κ2) is 8.50. The van der Waals surface area contributed by atoms with Crippen LogP contribution >= 0.6 is 23.2 Å². The highest BCUT2D eigenvalue weighted by molar-refractivity contribution is 6.46. The lowest BCUT2D eigenvalue weighted by atomic mass is 10.2. The molecule has 6 nitrogen and oxygen atoms in total. The Hall–Kier alpha value is -3.10.